The number of ether oxygens (including phenoxy) is 1. The number of carbonyl (C=O) groups excluding carboxylic acids is 1. The fraction of sp³-hybridized carbons (Fsp3) is 0.818. The molecule has 0 spiro atoms. The summed E-state index contributed by atoms with van der Waals surface area (Å²) in [5, 5.41) is 18.0. The molecule has 1 heterocycles. The van der Waals surface area contributed by atoms with Gasteiger partial charge in [-0.3, -0.25) is 9.59 Å². The van der Waals surface area contributed by atoms with E-state index in [4.69, 9.17) is 14.9 Å². The standard InChI is InChI=1S/C11H19NO5/c1-7-4-12(5-8(6-13)17-7)9(14)11(2,3)10(15)16/h7-8,13H,4-6H2,1-3H3,(H,15,16). The van der Waals surface area contributed by atoms with Crippen molar-refractivity contribution < 1.29 is 24.5 Å². The van der Waals surface area contributed by atoms with Gasteiger partial charge in [-0.2, -0.15) is 0 Å². The van der Waals surface area contributed by atoms with Crippen LogP contribution in [0.25, 0.3) is 0 Å². The first-order valence-electron chi connectivity index (χ1n) is 5.58. The Morgan fingerprint density at radius 2 is 2.00 bits per heavy atom. The van der Waals surface area contributed by atoms with E-state index in [2.05, 4.69) is 0 Å². The van der Waals surface area contributed by atoms with E-state index in [-0.39, 0.29) is 19.3 Å². The average Bonchev–Trinajstić information content (AvgIpc) is 2.26. The van der Waals surface area contributed by atoms with Crippen LogP contribution >= 0.6 is 0 Å². The van der Waals surface area contributed by atoms with Crippen LogP contribution in [0.4, 0.5) is 0 Å². The third-order valence-electron chi connectivity index (χ3n) is 2.89. The lowest BCUT2D eigenvalue weighted by Crippen LogP contribution is -2.55. The summed E-state index contributed by atoms with van der Waals surface area (Å²) in [4.78, 5) is 24.5. The number of carboxylic acid groups (broad SMARTS) is 1. The molecule has 98 valence electrons. The summed E-state index contributed by atoms with van der Waals surface area (Å²) in [6.45, 7) is 4.96. The molecule has 1 saturated heterocycles. The Bertz CT molecular complexity index is 315. The van der Waals surface area contributed by atoms with Crippen LogP contribution in [-0.4, -0.2) is 58.9 Å². The Morgan fingerprint density at radius 3 is 2.47 bits per heavy atom. The Morgan fingerprint density at radius 1 is 1.41 bits per heavy atom. The monoisotopic (exact) mass is 245 g/mol. The zero-order chi connectivity index (χ0) is 13.2. The van der Waals surface area contributed by atoms with Crippen molar-refractivity contribution in [2.45, 2.75) is 33.0 Å². The third-order valence-corrected chi connectivity index (χ3v) is 2.89. The summed E-state index contributed by atoms with van der Waals surface area (Å²) in [7, 11) is 0. The fourth-order valence-electron chi connectivity index (χ4n) is 1.80. The summed E-state index contributed by atoms with van der Waals surface area (Å²) in [6, 6.07) is 0. The normalized spacial score (nSPS) is 25.8. The molecule has 17 heavy (non-hydrogen) atoms. The van der Waals surface area contributed by atoms with Crippen LogP contribution in [0.3, 0.4) is 0 Å². The first-order chi connectivity index (χ1) is 7.78. The number of hydrogen-bond acceptors (Lipinski definition) is 4. The van der Waals surface area contributed by atoms with Crippen molar-refractivity contribution in [3.05, 3.63) is 0 Å². The third kappa shape index (κ3) is 2.95. The number of aliphatic hydroxyl groups is 1. The van der Waals surface area contributed by atoms with E-state index in [1.54, 1.807) is 6.92 Å². The summed E-state index contributed by atoms with van der Waals surface area (Å²) in [5.41, 5.74) is -1.45. The van der Waals surface area contributed by atoms with Crippen LogP contribution in [0.15, 0.2) is 0 Å². The molecule has 0 saturated carbocycles. The maximum Gasteiger partial charge on any atom is 0.318 e. The van der Waals surface area contributed by atoms with Crippen LogP contribution in [0.1, 0.15) is 20.8 Å². The molecular formula is C11H19NO5. The molecule has 0 bridgehead atoms. The minimum Gasteiger partial charge on any atom is -0.480 e. The molecule has 2 atom stereocenters. The van der Waals surface area contributed by atoms with Crippen LogP contribution in [0.2, 0.25) is 0 Å². The number of rotatable bonds is 3. The van der Waals surface area contributed by atoms with Crippen LogP contribution in [-0.2, 0) is 14.3 Å². The largest absolute Gasteiger partial charge is 0.480 e. The average molecular weight is 245 g/mol. The van der Waals surface area contributed by atoms with Crippen LogP contribution in [0, 0.1) is 5.41 Å². The molecule has 1 aliphatic rings. The molecule has 1 rings (SSSR count). The van der Waals surface area contributed by atoms with Crippen molar-refractivity contribution in [3.63, 3.8) is 0 Å². The molecular weight excluding hydrogens is 226 g/mol. The SMILES string of the molecule is CC1CN(C(=O)C(C)(C)C(=O)O)CC(CO)O1. The van der Waals surface area contributed by atoms with Gasteiger partial charge in [0.1, 0.15) is 5.41 Å². The second-order valence-electron chi connectivity index (χ2n) is 4.89. The number of hydrogen-bond donors (Lipinski definition) is 2. The predicted molar refractivity (Wildman–Crippen MR) is 59.4 cm³/mol. The Kier molecular flexibility index (Phi) is 4.11. The van der Waals surface area contributed by atoms with E-state index in [1.807, 2.05) is 0 Å². The van der Waals surface area contributed by atoms with Gasteiger partial charge in [-0.05, 0) is 20.8 Å². The van der Waals surface area contributed by atoms with Gasteiger partial charge in [-0.15, -0.1) is 0 Å². The molecule has 1 aliphatic heterocycles. The fourth-order valence-corrected chi connectivity index (χ4v) is 1.80. The highest BCUT2D eigenvalue weighted by Gasteiger charge is 2.41. The summed E-state index contributed by atoms with van der Waals surface area (Å²) < 4.78 is 5.40. The van der Waals surface area contributed by atoms with Gasteiger partial charge in [0.05, 0.1) is 18.8 Å². The lowest BCUT2D eigenvalue weighted by molar-refractivity contribution is -0.166. The first-order valence-corrected chi connectivity index (χ1v) is 5.58. The second-order valence-corrected chi connectivity index (χ2v) is 4.89. The van der Waals surface area contributed by atoms with Gasteiger partial charge in [-0.1, -0.05) is 0 Å². The van der Waals surface area contributed by atoms with Crippen LogP contribution in [0.5, 0.6) is 0 Å². The van der Waals surface area contributed by atoms with Gasteiger partial charge in [0.15, 0.2) is 0 Å². The molecule has 0 aromatic carbocycles. The molecule has 2 N–H and O–H groups in total. The van der Waals surface area contributed by atoms with E-state index in [0.29, 0.717) is 6.54 Å². The molecule has 1 amide bonds. The maximum absolute atomic E-state index is 12.1. The predicted octanol–water partition coefficient (Wildman–Crippen LogP) is -0.295. The highest BCUT2D eigenvalue weighted by molar-refractivity contribution is 6.01. The van der Waals surface area contributed by atoms with Crippen molar-refractivity contribution in [2.75, 3.05) is 19.7 Å². The molecule has 0 radical (unpaired) electrons. The lowest BCUT2D eigenvalue weighted by Gasteiger charge is -2.38. The topological polar surface area (TPSA) is 87.1 Å². The van der Waals surface area contributed by atoms with Crippen molar-refractivity contribution in [1.82, 2.24) is 4.90 Å². The molecule has 6 heteroatoms. The van der Waals surface area contributed by atoms with Gasteiger partial charge in [-0.25, -0.2) is 0 Å². The summed E-state index contributed by atoms with van der Waals surface area (Å²) in [6.07, 6.45) is -0.637. The van der Waals surface area contributed by atoms with Gasteiger partial charge in [0, 0.05) is 13.1 Å². The van der Waals surface area contributed by atoms with Gasteiger partial charge < -0.3 is 19.8 Å². The Hall–Kier alpha value is -1.14. The second kappa shape index (κ2) is 5.01. The van der Waals surface area contributed by atoms with E-state index in [9.17, 15) is 9.59 Å². The summed E-state index contributed by atoms with van der Waals surface area (Å²) in [5.74, 6) is -1.60. The molecule has 0 aromatic heterocycles. The number of carboxylic acids is 1. The highest BCUT2D eigenvalue weighted by Crippen LogP contribution is 2.22. The smallest absolute Gasteiger partial charge is 0.318 e. The number of aliphatic hydroxyl groups excluding tert-OH is 1. The van der Waals surface area contributed by atoms with Gasteiger partial charge >= 0.3 is 5.97 Å². The van der Waals surface area contributed by atoms with Crippen molar-refractivity contribution in [2.24, 2.45) is 5.41 Å². The number of morpholine rings is 1. The lowest BCUT2D eigenvalue weighted by atomic mass is 9.91. The number of nitrogens with zero attached hydrogens (tertiary/aromatic N) is 1. The molecule has 0 aromatic rings. The highest BCUT2D eigenvalue weighted by atomic mass is 16.5. The zero-order valence-electron chi connectivity index (χ0n) is 10.3. The van der Waals surface area contributed by atoms with Gasteiger partial charge in [0.2, 0.25) is 5.91 Å². The summed E-state index contributed by atoms with van der Waals surface area (Å²) >= 11 is 0. The Balaban J connectivity index is 2.78. The molecule has 0 aliphatic carbocycles. The number of carbonyl (C=O) groups is 2. The van der Waals surface area contributed by atoms with Crippen molar-refractivity contribution in [3.8, 4) is 0 Å². The maximum atomic E-state index is 12.1. The molecule has 2 unspecified atom stereocenters. The quantitative estimate of drug-likeness (QED) is 0.667. The van der Waals surface area contributed by atoms with Crippen LogP contribution < -0.4 is 0 Å². The molecule has 1 fully saturated rings. The van der Waals surface area contributed by atoms with Gasteiger partial charge in [0.25, 0.3) is 0 Å². The van der Waals surface area contributed by atoms with E-state index < -0.39 is 23.4 Å². The van der Waals surface area contributed by atoms with E-state index in [1.165, 1.54) is 18.7 Å². The Labute approximate surface area is 100 Å². The number of aliphatic carboxylic acids is 1. The zero-order valence-corrected chi connectivity index (χ0v) is 10.3. The minimum atomic E-state index is -1.45. The first kappa shape index (κ1) is 13.9. The van der Waals surface area contributed by atoms with E-state index in [0.717, 1.165) is 0 Å². The number of amides is 1. The van der Waals surface area contributed by atoms with Crippen molar-refractivity contribution >= 4 is 11.9 Å². The van der Waals surface area contributed by atoms with E-state index >= 15 is 0 Å². The minimum absolute atomic E-state index is 0.179. The molecule has 6 nitrogen and oxygen atoms in total. The van der Waals surface area contributed by atoms with Crippen molar-refractivity contribution in [1.29, 1.82) is 0 Å².